The van der Waals surface area contributed by atoms with E-state index in [1.165, 1.54) is 32.4 Å². The number of fused-ring (bicyclic) bond motifs is 1. The van der Waals surface area contributed by atoms with Crippen molar-refractivity contribution in [3.8, 4) is 40.1 Å². The van der Waals surface area contributed by atoms with E-state index in [1.807, 2.05) is 0 Å². The van der Waals surface area contributed by atoms with Crippen LogP contribution in [0.25, 0.3) is 22.3 Å². The Kier molecular flexibility index (Phi) is 6.74. The van der Waals surface area contributed by atoms with Crippen LogP contribution >= 0.6 is 0 Å². The molecule has 4 rings (SSSR count). The molecule has 1 aromatic heterocycles. The van der Waals surface area contributed by atoms with Crippen LogP contribution in [0.2, 0.25) is 0 Å². The third-order valence-corrected chi connectivity index (χ3v) is 5.65. The van der Waals surface area contributed by atoms with E-state index >= 15 is 0 Å². The summed E-state index contributed by atoms with van der Waals surface area (Å²) in [6.45, 7) is -0.647. The fraction of sp³-hybridized carbons (Fsp3) is 0.348. The lowest BCUT2D eigenvalue weighted by Crippen LogP contribution is -2.60. The molecule has 188 valence electrons. The third-order valence-electron chi connectivity index (χ3n) is 5.65. The number of phenols is 2. The molecule has 0 unspecified atom stereocenters. The van der Waals surface area contributed by atoms with Crippen LogP contribution in [0.5, 0.6) is 28.7 Å². The molecule has 35 heavy (non-hydrogen) atoms. The van der Waals surface area contributed by atoms with Gasteiger partial charge >= 0.3 is 0 Å². The molecule has 2 heterocycles. The number of phenolic OH excluding ortho intramolecular Hbond substituents is 2. The van der Waals surface area contributed by atoms with Gasteiger partial charge in [0.25, 0.3) is 0 Å². The summed E-state index contributed by atoms with van der Waals surface area (Å²) in [4.78, 5) is 12.8. The first-order chi connectivity index (χ1) is 16.7. The van der Waals surface area contributed by atoms with Gasteiger partial charge in [-0.1, -0.05) is 0 Å². The van der Waals surface area contributed by atoms with Gasteiger partial charge < -0.3 is 54.0 Å². The Hall–Kier alpha value is -3.55. The summed E-state index contributed by atoms with van der Waals surface area (Å²) in [6.07, 6.45) is -7.62. The van der Waals surface area contributed by atoms with Crippen molar-refractivity contribution < 1.29 is 54.0 Å². The maximum absolute atomic E-state index is 12.8. The average molecular weight is 492 g/mol. The number of hydrogen-bond donors (Lipinski definition) is 6. The van der Waals surface area contributed by atoms with Gasteiger partial charge in [0.05, 0.1) is 20.8 Å². The maximum Gasteiger partial charge on any atom is 0.229 e. The van der Waals surface area contributed by atoms with Gasteiger partial charge in [-0.15, -0.1) is 0 Å². The SMILES string of the molecule is COc1cc(-c2cc(=O)c3c(O)cc(O[C@@H]4O[C@H](CO)[C@@H](O)[C@@H](O)[C@@H]4O)cc3o2)cc(OC)c1O. The standard InChI is InChI=1S/C23H24O12/c1-31-15-3-9(4-16(32-2)19(15)27)13-7-12(26)18-11(25)5-10(6-14(18)34-13)33-23-22(30)21(29)20(28)17(8-24)35-23/h3-7,17,20-25,27-30H,8H2,1-2H3/t17-,20-,21-,22+,23-/m1/s1. The molecule has 2 aromatic carbocycles. The van der Waals surface area contributed by atoms with Crippen LogP contribution in [-0.2, 0) is 4.74 Å². The van der Waals surface area contributed by atoms with Crippen LogP contribution in [0, 0.1) is 0 Å². The predicted molar refractivity (Wildman–Crippen MR) is 119 cm³/mol. The van der Waals surface area contributed by atoms with Gasteiger partial charge in [0.2, 0.25) is 12.0 Å². The summed E-state index contributed by atoms with van der Waals surface area (Å²) in [5, 5.41) is 59.8. The largest absolute Gasteiger partial charge is 0.507 e. The number of aromatic hydroxyl groups is 2. The second kappa shape index (κ2) is 9.60. The molecular formula is C23H24O12. The first-order valence-corrected chi connectivity index (χ1v) is 10.4. The molecule has 1 fully saturated rings. The van der Waals surface area contributed by atoms with Crippen LogP contribution in [-0.4, -0.2) is 82.2 Å². The van der Waals surface area contributed by atoms with E-state index in [0.29, 0.717) is 5.56 Å². The third kappa shape index (κ3) is 4.45. The lowest BCUT2D eigenvalue weighted by Gasteiger charge is -2.39. The minimum atomic E-state index is -1.68. The molecule has 0 spiro atoms. The van der Waals surface area contributed by atoms with E-state index in [4.69, 9.17) is 23.4 Å². The number of benzene rings is 2. The molecule has 1 aliphatic rings. The average Bonchev–Trinajstić information content (AvgIpc) is 2.84. The fourth-order valence-corrected chi connectivity index (χ4v) is 3.79. The highest BCUT2D eigenvalue weighted by Gasteiger charge is 2.44. The van der Waals surface area contributed by atoms with Crippen molar-refractivity contribution in [2.75, 3.05) is 20.8 Å². The van der Waals surface area contributed by atoms with Gasteiger partial charge in [-0.3, -0.25) is 4.79 Å². The van der Waals surface area contributed by atoms with Crippen molar-refractivity contribution in [1.82, 2.24) is 0 Å². The second-order valence-electron chi connectivity index (χ2n) is 7.83. The van der Waals surface area contributed by atoms with E-state index in [-0.39, 0.29) is 39.7 Å². The molecular weight excluding hydrogens is 468 g/mol. The minimum absolute atomic E-state index is 0.0588. The van der Waals surface area contributed by atoms with Crippen molar-refractivity contribution >= 4 is 11.0 Å². The molecule has 0 radical (unpaired) electrons. The van der Waals surface area contributed by atoms with Gasteiger partial charge in [-0.05, 0) is 12.1 Å². The maximum atomic E-state index is 12.8. The Morgan fingerprint density at radius 2 is 1.57 bits per heavy atom. The van der Waals surface area contributed by atoms with Crippen LogP contribution in [0.3, 0.4) is 0 Å². The predicted octanol–water partition coefficient (Wildman–Crippen LogP) is 0.0671. The number of ether oxygens (including phenoxy) is 4. The van der Waals surface area contributed by atoms with Crippen LogP contribution in [0.4, 0.5) is 0 Å². The van der Waals surface area contributed by atoms with E-state index in [1.54, 1.807) is 0 Å². The Balaban J connectivity index is 1.75. The molecule has 12 heteroatoms. The Morgan fingerprint density at radius 3 is 2.17 bits per heavy atom. The molecule has 0 bridgehead atoms. The molecule has 5 atom stereocenters. The first kappa shape index (κ1) is 24.6. The first-order valence-electron chi connectivity index (χ1n) is 10.4. The summed E-state index contributed by atoms with van der Waals surface area (Å²) in [7, 11) is 2.69. The highest BCUT2D eigenvalue weighted by atomic mass is 16.7. The quantitative estimate of drug-likeness (QED) is 0.272. The fourth-order valence-electron chi connectivity index (χ4n) is 3.79. The minimum Gasteiger partial charge on any atom is -0.507 e. The lowest BCUT2D eigenvalue weighted by molar-refractivity contribution is -0.277. The van der Waals surface area contributed by atoms with Crippen LogP contribution < -0.4 is 19.6 Å². The van der Waals surface area contributed by atoms with E-state index in [0.717, 1.165) is 12.1 Å². The zero-order valence-electron chi connectivity index (χ0n) is 18.6. The van der Waals surface area contributed by atoms with E-state index in [9.17, 15) is 35.4 Å². The highest BCUT2D eigenvalue weighted by Crippen LogP contribution is 2.41. The molecule has 12 nitrogen and oxygen atoms in total. The summed E-state index contributed by atoms with van der Waals surface area (Å²) < 4.78 is 26.9. The van der Waals surface area contributed by atoms with Crippen molar-refractivity contribution in [2.45, 2.75) is 30.7 Å². The van der Waals surface area contributed by atoms with E-state index < -0.39 is 48.5 Å². The molecule has 0 saturated carbocycles. The number of aliphatic hydroxyl groups is 4. The molecule has 3 aromatic rings. The second-order valence-corrected chi connectivity index (χ2v) is 7.83. The molecule has 1 aliphatic heterocycles. The van der Waals surface area contributed by atoms with Crippen LogP contribution in [0.15, 0.2) is 39.5 Å². The van der Waals surface area contributed by atoms with Crippen molar-refractivity contribution in [3.05, 3.63) is 40.6 Å². The van der Waals surface area contributed by atoms with Crippen molar-refractivity contribution in [2.24, 2.45) is 0 Å². The zero-order chi connectivity index (χ0) is 25.4. The van der Waals surface area contributed by atoms with Crippen molar-refractivity contribution in [3.63, 3.8) is 0 Å². The number of hydrogen-bond acceptors (Lipinski definition) is 12. The molecule has 0 aliphatic carbocycles. The Morgan fingerprint density at radius 1 is 0.914 bits per heavy atom. The molecule has 1 saturated heterocycles. The van der Waals surface area contributed by atoms with Gasteiger partial charge in [-0.2, -0.15) is 0 Å². The lowest BCUT2D eigenvalue weighted by atomic mass is 9.99. The summed E-state index contributed by atoms with van der Waals surface area (Å²) in [5.41, 5.74) is -0.336. The van der Waals surface area contributed by atoms with Gasteiger partial charge in [0.1, 0.15) is 52.6 Å². The Labute approximate surface area is 197 Å². The number of rotatable bonds is 6. The number of methoxy groups -OCH3 is 2. The van der Waals surface area contributed by atoms with Gasteiger partial charge in [0.15, 0.2) is 16.9 Å². The smallest absolute Gasteiger partial charge is 0.229 e. The Bertz CT molecular complexity index is 1260. The summed E-state index contributed by atoms with van der Waals surface area (Å²) in [6, 6.07) is 6.35. The van der Waals surface area contributed by atoms with E-state index in [2.05, 4.69) is 0 Å². The topological polar surface area (TPSA) is 189 Å². The zero-order valence-corrected chi connectivity index (χ0v) is 18.6. The molecule has 0 amide bonds. The van der Waals surface area contributed by atoms with Crippen LogP contribution in [0.1, 0.15) is 0 Å². The number of aliphatic hydroxyl groups excluding tert-OH is 4. The van der Waals surface area contributed by atoms with Crippen molar-refractivity contribution in [1.29, 1.82) is 0 Å². The summed E-state index contributed by atoms with van der Waals surface area (Å²) >= 11 is 0. The molecule has 6 N–H and O–H groups in total. The van der Waals surface area contributed by atoms with Gasteiger partial charge in [0, 0.05) is 23.8 Å². The van der Waals surface area contributed by atoms with Gasteiger partial charge in [-0.25, -0.2) is 0 Å². The monoisotopic (exact) mass is 492 g/mol. The normalized spacial score (nSPS) is 24.3. The summed E-state index contributed by atoms with van der Waals surface area (Å²) in [5.74, 6) is -0.615. The highest BCUT2D eigenvalue weighted by molar-refractivity contribution is 5.86.